The van der Waals surface area contributed by atoms with Crippen molar-refractivity contribution < 1.29 is 0 Å². The monoisotopic (exact) mass is 758 g/mol. The lowest BCUT2D eigenvalue weighted by Crippen LogP contribution is -2.27. The van der Waals surface area contributed by atoms with Crippen molar-refractivity contribution in [1.82, 2.24) is 4.57 Å². The molecule has 1 heterocycles. The first-order valence-corrected chi connectivity index (χ1v) is 21.1. The molecule has 2 aliphatic carbocycles. The minimum absolute atomic E-state index is 0.104. The van der Waals surface area contributed by atoms with Crippen LogP contribution in [0.15, 0.2) is 176 Å². The molecule has 0 saturated carbocycles. The molecule has 8 aromatic carbocycles. The summed E-state index contributed by atoms with van der Waals surface area (Å²) in [5, 5.41) is 6.72. The molecule has 0 bridgehead atoms. The molecule has 1 aromatic heterocycles. The van der Waals surface area contributed by atoms with Gasteiger partial charge in [-0.15, -0.1) is 0 Å². The molecule has 0 radical (unpaired) electrons. The minimum atomic E-state index is -0.104. The fraction of sp³-hybridized carbons (Fsp3) is 0.123. The third kappa shape index (κ3) is 5.62. The predicted octanol–water partition coefficient (Wildman–Crippen LogP) is 13.9. The number of rotatable bonds is 6. The molecule has 0 N–H and O–H groups in total. The molecule has 59 heavy (non-hydrogen) atoms. The predicted molar refractivity (Wildman–Crippen MR) is 251 cm³/mol. The number of aryl methyl sites for hydroxylation is 1. The SMILES string of the molecule is Cn1c(-c2ccccc2)c(-c2ccc(N(c3ccc(-c4ccccc4)cc3)c3ccc4c(c3)C(C)(C)c3ccccc3-4)cc2)c2c3ccccc3c3c(c21)=CCCCC=3. The molecule has 9 aromatic rings. The fourth-order valence-corrected chi connectivity index (χ4v) is 10.2. The highest BCUT2D eigenvalue weighted by atomic mass is 15.1. The number of fused-ring (bicyclic) bond motifs is 9. The van der Waals surface area contributed by atoms with Gasteiger partial charge in [-0.2, -0.15) is 0 Å². The van der Waals surface area contributed by atoms with Gasteiger partial charge in [-0.3, -0.25) is 0 Å². The van der Waals surface area contributed by atoms with Crippen LogP contribution in [0.1, 0.15) is 44.2 Å². The molecule has 2 heteroatoms. The molecule has 0 atom stereocenters. The lowest BCUT2D eigenvalue weighted by atomic mass is 9.82. The van der Waals surface area contributed by atoms with E-state index in [1.807, 2.05) is 0 Å². The van der Waals surface area contributed by atoms with Gasteiger partial charge in [0.1, 0.15) is 0 Å². The summed E-state index contributed by atoms with van der Waals surface area (Å²) in [4.78, 5) is 2.43. The van der Waals surface area contributed by atoms with Gasteiger partial charge in [0.15, 0.2) is 0 Å². The van der Waals surface area contributed by atoms with Gasteiger partial charge >= 0.3 is 0 Å². The molecule has 0 spiro atoms. The van der Waals surface area contributed by atoms with E-state index in [-0.39, 0.29) is 5.41 Å². The summed E-state index contributed by atoms with van der Waals surface area (Å²) in [6.45, 7) is 4.73. The normalized spacial score (nSPS) is 13.9. The van der Waals surface area contributed by atoms with Crippen LogP contribution in [-0.2, 0) is 12.5 Å². The van der Waals surface area contributed by atoms with E-state index in [4.69, 9.17) is 0 Å². The highest BCUT2D eigenvalue weighted by Gasteiger charge is 2.36. The van der Waals surface area contributed by atoms with E-state index in [1.54, 1.807) is 0 Å². The second-order valence-electron chi connectivity index (χ2n) is 16.8. The second-order valence-corrected chi connectivity index (χ2v) is 16.8. The lowest BCUT2D eigenvalue weighted by molar-refractivity contribution is 0.660. The van der Waals surface area contributed by atoms with Gasteiger partial charge in [0, 0.05) is 45.7 Å². The van der Waals surface area contributed by atoms with Crippen LogP contribution < -0.4 is 15.3 Å². The number of anilines is 3. The number of nitrogens with zero attached hydrogens (tertiary/aromatic N) is 2. The quantitative estimate of drug-likeness (QED) is 0.164. The average Bonchev–Trinajstić information content (AvgIpc) is 3.56. The van der Waals surface area contributed by atoms with Crippen molar-refractivity contribution in [2.24, 2.45) is 7.05 Å². The molecule has 2 aliphatic rings. The summed E-state index contributed by atoms with van der Waals surface area (Å²) in [6, 6.07) is 65.0. The van der Waals surface area contributed by atoms with E-state index >= 15 is 0 Å². The van der Waals surface area contributed by atoms with Crippen LogP contribution in [-0.4, -0.2) is 4.57 Å². The zero-order valence-electron chi connectivity index (χ0n) is 33.9. The number of benzene rings is 8. The van der Waals surface area contributed by atoms with Gasteiger partial charge in [-0.1, -0.05) is 166 Å². The topological polar surface area (TPSA) is 8.17 Å². The molecular weight excluding hydrogens is 713 g/mol. The van der Waals surface area contributed by atoms with Gasteiger partial charge in [-0.05, 0) is 116 Å². The molecule has 0 saturated heterocycles. The standard InChI is InChI=1S/C57H46N2/c1-57(2)51-26-16-15-23-47(51)48-36-35-44(37-52(48)57)59(42-31-27-39(28-32-42)38-17-7-4-8-18-38)43-33-29-40(30-34-43)53-54-49-24-14-13-22-45(49)46-21-11-6-12-25-50(46)56(54)58(3)55(53)41-19-9-5-10-20-41/h4-5,7-10,13-37H,6,11-12H2,1-3H3. The zero-order chi connectivity index (χ0) is 39.7. The van der Waals surface area contributed by atoms with Crippen LogP contribution >= 0.6 is 0 Å². The maximum atomic E-state index is 2.49. The summed E-state index contributed by atoms with van der Waals surface area (Å²) in [5.74, 6) is 0. The maximum Gasteiger partial charge on any atom is 0.0571 e. The molecule has 0 aliphatic heterocycles. The highest BCUT2D eigenvalue weighted by Crippen LogP contribution is 2.51. The van der Waals surface area contributed by atoms with Crippen LogP contribution in [0.3, 0.4) is 0 Å². The van der Waals surface area contributed by atoms with Crippen LogP contribution in [0.25, 0.3) is 78.5 Å². The van der Waals surface area contributed by atoms with Crippen molar-refractivity contribution >= 4 is 50.9 Å². The van der Waals surface area contributed by atoms with E-state index in [9.17, 15) is 0 Å². The Morgan fingerprint density at radius 3 is 1.73 bits per heavy atom. The van der Waals surface area contributed by atoms with Crippen molar-refractivity contribution in [3.8, 4) is 44.6 Å². The molecule has 2 nitrogen and oxygen atoms in total. The first kappa shape index (κ1) is 35.3. The van der Waals surface area contributed by atoms with Crippen LogP contribution in [0.2, 0.25) is 0 Å². The Bertz CT molecular complexity index is 3190. The van der Waals surface area contributed by atoms with Crippen molar-refractivity contribution in [1.29, 1.82) is 0 Å². The first-order valence-electron chi connectivity index (χ1n) is 21.1. The number of hydrogen-bond donors (Lipinski definition) is 0. The number of hydrogen-bond acceptors (Lipinski definition) is 1. The fourth-order valence-electron chi connectivity index (χ4n) is 10.2. The summed E-state index contributed by atoms with van der Waals surface area (Å²) >= 11 is 0. The Kier molecular flexibility index (Phi) is 8.30. The molecular formula is C57H46N2. The average molecular weight is 759 g/mol. The maximum absolute atomic E-state index is 2.49. The Morgan fingerprint density at radius 1 is 0.475 bits per heavy atom. The molecule has 284 valence electrons. The van der Waals surface area contributed by atoms with Gasteiger partial charge < -0.3 is 9.47 Å². The van der Waals surface area contributed by atoms with Crippen molar-refractivity contribution in [3.63, 3.8) is 0 Å². The summed E-state index contributed by atoms with van der Waals surface area (Å²) in [7, 11) is 2.27. The van der Waals surface area contributed by atoms with E-state index < -0.39 is 0 Å². The number of aromatic nitrogens is 1. The third-order valence-corrected chi connectivity index (χ3v) is 13.1. The third-order valence-electron chi connectivity index (χ3n) is 13.1. The van der Waals surface area contributed by atoms with E-state index in [0.29, 0.717) is 0 Å². The zero-order valence-corrected chi connectivity index (χ0v) is 33.9. The molecule has 0 amide bonds. The Hall–Kier alpha value is -6.90. The van der Waals surface area contributed by atoms with Crippen LogP contribution in [0, 0.1) is 0 Å². The Balaban J connectivity index is 1.12. The van der Waals surface area contributed by atoms with Crippen molar-refractivity contribution in [2.75, 3.05) is 4.90 Å². The van der Waals surface area contributed by atoms with Crippen LogP contribution in [0.4, 0.5) is 17.1 Å². The van der Waals surface area contributed by atoms with Crippen LogP contribution in [0.5, 0.6) is 0 Å². The van der Waals surface area contributed by atoms with E-state index in [1.165, 1.54) is 94.3 Å². The Morgan fingerprint density at radius 2 is 1.02 bits per heavy atom. The largest absolute Gasteiger partial charge is 0.343 e. The van der Waals surface area contributed by atoms with Gasteiger partial charge in [0.25, 0.3) is 0 Å². The minimum Gasteiger partial charge on any atom is -0.343 e. The lowest BCUT2D eigenvalue weighted by Gasteiger charge is -2.28. The first-order chi connectivity index (χ1) is 29.0. The summed E-state index contributed by atoms with van der Waals surface area (Å²) in [5.41, 5.74) is 17.4. The van der Waals surface area contributed by atoms with E-state index in [0.717, 1.165) is 29.9 Å². The summed E-state index contributed by atoms with van der Waals surface area (Å²) in [6.07, 6.45) is 8.33. The molecule has 0 unspecified atom stereocenters. The van der Waals surface area contributed by atoms with E-state index in [2.05, 4.69) is 218 Å². The smallest absolute Gasteiger partial charge is 0.0571 e. The van der Waals surface area contributed by atoms with Gasteiger partial charge in [0.2, 0.25) is 0 Å². The van der Waals surface area contributed by atoms with Gasteiger partial charge in [0.05, 0.1) is 11.2 Å². The van der Waals surface area contributed by atoms with Crippen molar-refractivity contribution in [2.45, 2.75) is 38.5 Å². The second kappa shape index (κ2) is 13.9. The van der Waals surface area contributed by atoms with Crippen molar-refractivity contribution in [3.05, 3.63) is 197 Å². The Labute approximate surface area is 346 Å². The van der Waals surface area contributed by atoms with Gasteiger partial charge in [-0.25, -0.2) is 0 Å². The summed E-state index contributed by atoms with van der Waals surface area (Å²) < 4.78 is 2.47. The molecule has 0 fully saturated rings. The molecule has 11 rings (SSSR count). The highest BCUT2D eigenvalue weighted by molar-refractivity contribution is 6.18.